The molecule has 0 unspecified atom stereocenters. The van der Waals surface area contributed by atoms with Crippen molar-refractivity contribution in [2.75, 3.05) is 26.2 Å². The minimum absolute atomic E-state index is 0.110. The van der Waals surface area contributed by atoms with Gasteiger partial charge in [-0.3, -0.25) is 14.5 Å². The first-order chi connectivity index (χ1) is 8.77. The van der Waals surface area contributed by atoms with Crippen molar-refractivity contribution >= 4 is 11.8 Å². The van der Waals surface area contributed by atoms with Crippen LogP contribution in [0.5, 0.6) is 0 Å². The smallest absolute Gasteiger partial charge is 0.261 e. The number of carbonyl (C=O) groups is 2. The van der Waals surface area contributed by atoms with Gasteiger partial charge in [-0.2, -0.15) is 0 Å². The van der Waals surface area contributed by atoms with Crippen LogP contribution >= 0.6 is 0 Å². The lowest BCUT2D eigenvalue weighted by Crippen LogP contribution is -2.46. The molecule has 2 aliphatic heterocycles. The topological polar surface area (TPSA) is 58.6 Å². The van der Waals surface area contributed by atoms with Gasteiger partial charge in [-0.1, -0.05) is 12.1 Å². The molecule has 0 radical (unpaired) electrons. The molecule has 1 aromatic carbocycles. The summed E-state index contributed by atoms with van der Waals surface area (Å²) in [7, 11) is 0. The molecule has 0 bridgehead atoms. The number of carbonyl (C=O) groups excluding carboxylic acids is 2. The van der Waals surface area contributed by atoms with Gasteiger partial charge in [0.05, 0.1) is 30.4 Å². The molecule has 94 valence electrons. The monoisotopic (exact) mass is 246 g/mol. The van der Waals surface area contributed by atoms with Crippen LogP contribution in [0.25, 0.3) is 0 Å². The number of nitrogens with one attached hydrogen (secondary N) is 1. The number of benzene rings is 1. The largest absolute Gasteiger partial charge is 0.374 e. The van der Waals surface area contributed by atoms with Crippen molar-refractivity contribution in [2.45, 2.75) is 6.10 Å². The molecule has 3 rings (SSSR count). The first-order valence-corrected chi connectivity index (χ1v) is 6.05. The molecule has 1 atom stereocenters. The molecule has 0 saturated carbocycles. The maximum Gasteiger partial charge on any atom is 0.261 e. The van der Waals surface area contributed by atoms with Crippen molar-refractivity contribution in [3.63, 3.8) is 0 Å². The highest BCUT2D eigenvalue weighted by molar-refractivity contribution is 6.21. The number of nitrogens with zero attached hydrogens (tertiary/aromatic N) is 1. The highest BCUT2D eigenvalue weighted by atomic mass is 16.5. The third-order valence-corrected chi connectivity index (χ3v) is 3.27. The van der Waals surface area contributed by atoms with E-state index in [-0.39, 0.29) is 17.9 Å². The maximum absolute atomic E-state index is 12.1. The van der Waals surface area contributed by atoms with Gasteiger partial charge in [0.1, 0.15) is 0 Å². The maximum atomic E-state index is 12.1. The second kappa shape index (κ2) is 4.51. The molecule has 1 N–H and O–H groups in total. The molecule has 2 amide bonds. The van der Waals surface area contributed by atoms with E-state index in [0.29, 0.717) is 30.8 Å². The zero-order chi connectivity index (χ0) is 12.5. The molecule has 0 spiro atoms. The lowest BCUT2D eigenvalue weighted by molar-refractivity contribution is 0.00861. The molecule has 1 fully saturated rings. The second-order valence-electron chi connectivity index (χ2n) is 4.46. The molecular weight excluding hydrogens is 232 g/mol. The Morgan fingerprint density at radius 3 is 2.44 bits per heavy atom. The van der Waals surface area contributed by atoms with Gasteiger partial charge < -0.3 is 10.1 Å². The minimum atomic E-state index is -0.218. The second-order valence-corrected chi connectivity index (χ2v) is 4.46. The highest BCUT2D eigenvalue weighted by Gasteiger charge is 2.36. The molecule has 1 saturated heterocycles. The first kappa shape index (κ1) is 11.4. The summed E-state index contributed by atoms with van der Waals surface area (Å²) in [5.74, 6) is -0.436. The van der Waals surface area contributed by atoms with Crippen LogP contribution in [0.3, 0.4) is 0 Å². The number of fused-ring (bicyclic) bond motifs is 1. The van der Waals surface area contributed by atoms with Gasteiger partial charge in [-0.05, 0) is 12.1 Å². The molecule has 0 aromatic heterocycles. The van der Waals surface area contributed by atoms with E-state index in [0.717, 1.165) is 6.54 Å². The fraction of sp³-hybridized carbons (Fsp3) is 0.385. The van der Waals surface area contributed by atoms with E-state index in [9.17, 15) is 9.59 Å². The van der Waals surface area contributed by atoms with Crippen LogP contribution in [-0.2, 0) is 4.74 Å². The Balaban J connectivity index is 1.79. The molecule has 0 aliphatic carbocycles. The lowest BCUT2D eigenvalue weighted by Gasteiger charge is -2.26. The van der Waals surface area contributed by atoms with Gasteiger partial charge in [0.2, 0.25) is 0 Å². The third-order valence-electron chi connectivity index (χ3n) is 3.27. The molecule has 1 aromatic rings. The minimum Gasteiger partial charge on any atom is -0.374 e. The van der Waals surface area contributed by atoms with Crippen molar-refractivity contribution in [1.29, 1.82) is 0 Å². The third kappa shape index (κ3) is 1.81. The Hall–Kier alpha value is -1.72. The Labute approximate surface area is 105 Å². The van der Waals surface area contributed by atoms with Gasteiger partial charge in [0.25, 0.3) is 11.8 Å². The number of morpholine rings is 1. The first-order valence-electron chi connectivity index (χ1n) is 6.05. The highest BCUT2D eigenvalue weighted by Crippen LogP contribution is 2.22. The van der Waals surface area contributed by atoms with E-state index in [1.165, 1.54) is 4.90 Å². The van der Waals surface area contributed by atoms with Crippen molar-refractivity contribution in [2.24, 2.45) is 0 Å². The average molecular weight is 246 g/mol. The van der Waals surface area contributed by atoms with Crippen LogP contribution in [0.1, 0.15) is 20.7 Å². The Kier molecular flexibility index (Phi) is 2.85. The molecule has 2 aliphatic rings. The number of hydrogen-bond donors (Lipinski definition) is 1. The number of amides is 2. The summed E-state index contributed by atoms with van der Waals surface area (Å²) >= 11 is 0. The normalized spacial score (nSPS) is 23.3. The van der Waals surface area contributed by atoms with E-state index in [1.54, 1.807) is 24.3 Å². The molecule has 5 nitrogen and oxygen atoms in total. The van der Waals surface area contributed by atoms with Crippen molar-refractivity contribution in [1.82, 2.24) is 10.2 Å². The fourth-order valence-electron chi connectivity index (χ4n) is 2.35. The molecule has 18 heavy (non-hydrogen) atoms. The number of hydrogen-bond acceptors (Lipinski definition) is 4. The van der Waals surface area contributed by atoms with E-state index < -0.39 is 0 Å². The van der Waals surface area contributed by atoms with Crippen LogP contribution in [0, 0.1) is 0 Å². The van der Waals surface area contributed by atoms with Gasteiger partial charge in [-0.25, -0.2) is 0 Å². The summed E-state index contributed by atoms with van der Waals surface area (Å²) in [6, 6.07) is 6.92. The van der Waals surface area contributed by atoms with Crippen LogP contribution in [-0.4, -0.2) is 49.1 Å². The lowest BCUT2D eigenvalue weighted by atomic mass is 10.1. The summed E-state index contributed by atoms with van der Waals surface area (Å²) in [4.78, 5) is 25.5. The van der Waals surface area contributed by atoms with Crippen molar-refractivity contribution in [3.05, 3.63) is 35.4 Å². The van der Waals surface area contributed by atoms with E-state index in [2.05, 4.69) is 5.32 Å². The summed E-state index contributed by atoms with van der Waals surface area (Å²) in [6.45, 7) is 2.43. The summed E-state index contributed by atoms with van der Waals surface area (Å²) < 4.78 is 5.53. The quantitative estimate of drug-likeness (QED) is 0.761. The number of ether oxygens (including phenoxy) is 1. The predicted octanol–water partition coefficient (Wildman–Crippen LogP) is 0.271. The average Bonchev–Trinajstić information content (AvgIpc) is 2.66. The summed E-state index contributed by atoms with van der Waals surface area (Å²) in [5, 5.41) is 3.19. The number of rotatable bonds is 2. The fourth-order valence-corrected chi connectivity index (χ4v) is 2.35. The summed E-state index contributed by atoms with van der Waals surface area (Å²) in [5.41, 5.74) is 0.984. The van der Waals surface area contributed by atoms with E-state index >= 15 is 0 Å². The van der Waals surface area contributed by atoms with Crippen molar-refractivity contribution in [3.8, 4) is 0 Å². The molecule has 2 heterocycles. The van der Waals surface area contributed by atoms with Crippen LogP contribution in [0.15, 0.2) is 24.3 Å². The standard InChI is InChI=1S/C13H14N2O3/c16-12-10-3-1-2-4-11(10)13(17)15(12)8-9-7-14-5-6-18-9/h1-4,9,14H,5-8H2/t9-/m0/s1. The SMILES string of the molecule is O=C1c2ccccc2C(=O)N1C[C@@H]1CNCCO1. The van der Waals surface area contributed by atoms with Crippen LogP contribution < -0.4 is 5.32 Å². The Morgan fingerprint density at radius 1 is 1.22 bits per heavy atom. The van der Waals surface area contributed by atoms with Crippen molar-refractivity contribution < 1.29 is 14.3 Å². The molecular formula is C13H14N2O3. The predicted molar refractivity (Wildman–Crippen MR) is 64.4 cm³/mol. The van der Waals surface area contributed by atoms with Crippen LogP contribution in [0.4, 0.5) is 0 Å². The Bertz CT molecular complexity index is 460. The van der Waals surface area contributed by atoms with Gasteiger partial charge in [0, 0.05) is 13.1 Å². The zero-order valence-corrected chi connectivity index (χ0v) is 9.89. The Morgan fingerprint density at radius 2 is 1.89 bits per heavy atom. The van der Waals surface area contributed by atoms with Crippen LogP contribution in [0.2, 0.25) is 0 Å². The summed E-state index contributed by atoms with van der Waals surface area (Å²) in [6.07, 6.45) is -0.110. The van der Waals surface area contributed by atoms with Gasteiger partial charge in [0.15, 0.2) is 0 Å². The number of imide groups is 1. The zero-order valence-electron chi connectivity index (χ0n) is 9.89. The van der Waals surface area contributed by atoms with Gasteiger partial charge >= 0.3 is 0 Å². The van der Waals surface area contributed by atoms with E-state index in [1.807, 2.05) is 0 Å². The van der Waals surface area contributed by atoms with Gasteiger partial charge in [-0.15, -0.1) is 0 Å². The molecule has 5 heteroatoms. The van der Waals surface area contributed by atoms with E-state index in [4.69, 9.17) is 4.74 Å².